The van der Waals surface area contributed by atoms with Gasteiger partial charge in [0, 0.05) is 17.1 Å². The maximum atomic E-state index is 11.9. The summed E-state index contributed by atoms with van der Waals surface area (Å²) < 4.78 is 26.5. The molecule has 1 aliphatic heterocycles. The molecule has 1 aromatic rings. The second-order valence-corrected chi connectivity index (χ2v) is 7.71. The lowest BCUT2D eigenvalue weighted by Gasteiger charge is -2.21. The molecule has 0 saturated carbocycles. The predicted octanol–water partition coefficient (Wildman–Crippen LogP) is 1.95. The lowest BCUT2D eigenvalue weighted by Crippen LogP contribution is -2.37. The second-order valence-electron chi connectivity index (χ2n) is 4.76. The van der Waals surface area contributed by atoms with Gasteiger partial charge in [-0.3, -0.25) is 0 Å². The van der Waals surface area contributed by atoms with Crippen molar-refractivity contribution in [3.8, 4) is 0 Å². The quantitative estimate of drug-likeness (QED) is 0.794. The molecule has 1 atom stereocenters. The van der Waals surface area contributed by atoms with Crippen molar-refractivity contribution in [3.05, 3.63) is 33.8 Å². The zero-order valence-electron chi connectivity index (χ0n) is 9.39. The second kappa shape index (κ2) is 4.07. The van der Waals surface area contributed by atoms with Gasteiger partial charge in [-0.2, -0.15) is 4.31 Å². The summed E-state index contributed by atoms with van der Waals surface area (Å²) in [4.78, 5) is 0. The molecule has 0 radical (unpaired) electrons. The molecule has 0 spiro atoms. The Bertz CT molecular complexity index is 556. The Kier molecular flexibility index (Phi) is 2.80. The van der Waals surface area contributed by atoms with Gasteiger partial charge in [0.1, 0.15) is 0 Å². The van der Waals surface area contributed by atoms with Crippen molar-refractivity contribution in [2.45, 2.75) is 25.3 Å². The molecule has 2 aliphatic rings. The molecular weight excluding hydrogens is 302 g/mol. The molecule has 1 heterocycles. The summed E-state index contributed by atoms with van der Waals surface area (Å²) in [6.07, 6.45) is 2.49. The Balaban J connectivity index is 1.87. The molecule has 3 nitrogen and oxygen atoms in total. The average molecular weight is 316 g/mol. The molecule has 1 aromatic carbocycles. The van der Waals surface area contributed by atoms with E-state index in [1.807, 2.05) is 6.07 Å². The Morgan fingerprint density at radius 1 is 1.24 bits per heavy atom. The van der Waals surface area contributed by atoms with E-state index in [-0.39, 0.29) is 6.04 Å². The molecule has 0 aromatic heterocycles. The van der Waals surface area contributed by atoms with Crippen molar-refractivity contribution < 1.29 is 8.42 Å². The van der Waals surface area contributed by atoms with Crippen molar-refractivity contribution >= 4 is 26.0 Å². The van der Waals surface area contributed by atoms with E-state index in [4.69, 9.17) is 0 Å². The first kappa shape index (κ1) is 11.7. The molecule has 0 bridgehead atoms. The summed E-state index contributed by atoms with van der Waals surface area (Å²) in [5.74, 6) is 0.323. The van der Waals surface area contributed by atoms with E-state index >= 15 is 0 Å². The number of fused-ring (bicyclic) bond motifs is 1. The molecule has 1 saturated heterocycles. The summed E-state index contributed by atoms with van der Waals surface area (Å²) in [5, 5.41) is 0. The summed E-state index contributed by atoms with van der Waals surface area (Å²) in [6, 6.07) is 6.38. The van der Waals surface area contributed by atoms with Gasteiger partial charge in [0.15, 0.2) is 0 Å². The maximum Gasteiger partial charge on any atom is 0.214 e. The third kappa shape index (κ3) is 2.04. The van der Waals surface area contributed by atoms with Crippen LogP contribution in [-0.4, -0.2) is 31.1 Å². The third-order valence-corrected chi connectivity index (χ3v) is 6.12. The van der Waals surface area contributed by atoms with Gasteiger partial charge < -0.3 is 0 Å². The van der Waals surface area contributed by atoms with E-state index in [0.717, 1.165) is 23.7 Å². The minimum atomic E-state index is -2.98. The number of hydrogen-bond acceptors (Lipinski definition) is 2. The molecule has 0 amide bonds. The van der Waals surface area contributed by atoms with Crippen molar-refractivity contribution in [1.82, 2.24) is 4.31 Å². The zero-order valence-corrected chi connectivity index (χ0v) is 11.8. The molecule has 17 heavy (non-hydrogen) atoms. The number of halogens is 1. The Morgan fingerprint density at radius 2 is 2.00 bits per heavy atom. The van der Waals surface area contributed by atoms with Gasteiger partial charge in [-0.05, 0) is 42.5 Å². The normalized spacial score (nSPS) is 27.2. The predicted molar refractivity (Wildman–Crippen MR) is 70.4 cm³/mol. The fourth-order valence-electron chi connectivity index (χ4n) is 2.84. The van der Waals surface area contributed by atoms with Gasteiger partial charge in [0.05, 0.1) is 5.75 Å². The highest BCUT2D eigenvalue weighted by Crippen LogP contribution is 2.31. The minimum Gasteiger partial charge on any atom is -0.212 e. The van der Waals surface area contributed by atoms with Gasteiger partial charge >= 0.3 is 0 Å². The van der Waals surface area contributed by atoms with Gasteiger partial charge in [-0.15, -0.1) is 0 Å². The topological polar surface area (TPSA) is 37.4 Å². The lowest BCUT2D eigenvalue weighted by atomic mass is 10.1. The smallest absolute Gasteiger partial charge is 0.212 e. The van der Waals surface area contributed by atoms with Crippen LogP contribution in [0.5, 0.6) is 0 Å². The first-order valence-electron chi connectivity index (χ1n) is 5.83. The highest BCUT2D eigenvalue weighted by Gasteiger charge is 2.37. The van der Waals surface area contributed by atoms with Gasteiger partial charge in [0.2, 0.25) is 10.0 Å². The lowest BCUT2D eigenvalue weighted by molar-refractivity contribution is 0.350. The number of benzene rings is 1. The standard InChI is InChI=1S/C12H14BrNO2S/c13-11-3-2-9-7-12(8-10(9)6-11)14-4-1-5-17(14,15)16/h2-3,6,12H,1,4-5,7-8H2/t12-/m0/s1. The monoisotopic (exact) mass is 315 g/mol. The fourth-order valence-corrected chi connectivity index (χ4v) is 4.98. The molecule has 0 N–H and O–H groups in total. The van der Waals surface area contributed by atoms with E-state index in [1.54, 1.807) is 4.31 Å². The highest BCUT2D eigenvalue weighted by molar-refractivity contribution is 9.10. The van der Waals surface area contributed by atoms with Crippen LogP contribution in [0.1, 0.15) is 17.5 Å². The molecule has 5 heteroatoms. The van der Waals surface area contributed by atoms with Crippen molar-refractivity contribution in [1.29, 1.82) is 0 Å². The van der Waals surface area contributed by atoms with Crippen molar-refractivity contribution in [2.24, 2.45) is 0 Å². The zero-order chi connectivity index (χ0) is 12.0. The summed E-state index contributed by atoms with van der Waals surface area (Å²) in [7, 11) is -2.98. The van der Waals surface area contributed by atoms with Crippen LogP contribution in [0.25, 0.3) is 0 Å². The van der Waals surface area contributed by atoms with Crippen LogP contribution in [0, 0.1) is 0 Å². The average Bonchev–Trinajstić information content (AvgIpc) is 2.79. The molecule has 0 unspecified atom stereocenters. The summed E-state index contributed by atoms with van der Waals surface area (Å²) >= 11 is 3.46. The highest BCUT2D eigenvalue weighted by atomic mass is 79.9. The van der Waals surface area contributed by atoms with Gasteiger partial charge in [-0.25, -0.2) is 8.42 Å². The summed E-state index contributed by atoms with van der Waals surface area (Å²) in [5.41, 5.74) is 2.58. The molecular formula is C12H14BrNO2S. The van der Waals surface area contributed by atoms with Crippen LogP contribution < -0.4 is 0 Å². The van der Waals surface area contributed by atoms with Gasteiger partial charge in [-0.1, -0.05) is 22.0 Å². The number of rotatable bonds is 1. The largest absolute Gasteiger partial charge is 0.214 e. The molecule has 92 valence electrons. The van der Waals surface area contributed by atoms with Gasteiger partial charge in [0.25, 0.3) is 0 Å². The van der Waals surface area contributed by atoms with E-state index in [2.05, 4.69) is 28.1 Å². The third-order valence-electron chi connectivity index (χ3n) is 3.62. The Morgan fingerprint density at radius 3 is 2.71 bits per heavy atom. The van der Waals surface area contributed by atoms with Crippen LogP contribution in [-0.2, 0) is 22.9 Å². The van der Waals surface area contributed by atoms with Crippen LogP contribution in [0.4, 0.5) is 0 Å². The van der Waals surface area contributed by atoms with Crippen LogP contribution >= 0.6 is 15.9 Å². The SMILES string of the molecule is O=S1(=O)CCCN1[C@H]1Cc2ccc(Br)cc2C1. The van der Waals surface area contributed by atoms with E-state index in [0.29, 0.717) is 12.3 Å². The van der Waals surface area contributed by atoms with Crippen LogP contribution in [0.3, 0.4) is 0 Å². The first-order chi connectivity index (χ1) is 8.06. The number of nitrogens with zero attached hydrogens (tertiary/aromatic N) is 1. The molecule has 3 rings (SSSR count). The molecule has 1 aliphatic carbocycles. The van der Waals surface area contributed by atoms with Crippen molar-refractivity contribution in [3.63, 3.8) is 0 Å². The Hall–Kier alpha value is -0.390. The van der Waals surface area contributed by atoms with E-state index < -0.39 is 10.0 Å². The fraction of sp³-hybridized carbons (Fsp3) is 0.500. The van der Waals surface area contributed by atoms with E-state index in [1.165, 1.54) is 11.1 Å². The Labute approximate surface area is 110 Å². The molecule has 1 fully saturated rings. The van der Waals surface area contributed by atoms with Crippen LogP contribution in [0.15, 0.2) is 22.7 Å². The summed E-state index contributed by atoms with van der Waals surface area (Å²) in [6.45, 7) is 0.697. The van der Waals surface area contributed by atoms with E-state index in [9.17, 15) is 8.42 Å². The van der Waals surface area contributed by atoms with Crippen LogP contribution in [0.2, 0.25) is 0 Å². The van der Waals surface area contributed by atoms with Crippen molar-refractivity contribution in [2.75, 3.05) is 12.3 Å². The number of hydrogen-bond donors (Lipinski definition) is 0. The maximum absolute atomic E-state index is 11.9. The number of sulfonamides is 1. The minimum absolute atomic E-state index is 0.145. The first-order valence-corrected chi connectivity index (χ1v) is 8.23.